The molecule has 0 saturated heterocycles. The standard InChI is InChI=1S/C12H19N3O2/c1-3-4-5-6-7-10-14-8-9(16)11(15-10)12(17)13-2/h8,16H,3-7H2,1-2H3,(H,13,17). The number of nitrogens with zero attached hydrogens (tertiary/aromatic N) is 2. The minimum atomic E-state index is -0.389. The summed E-state index contributed by atoms with van der Waals surface area (Å²) in [5, 5.41) is 11.9. The van der Waals surface area contributed by atoms with E-state index in [9.17, 15) is 9.90 Å². The molecule has 5 heteroatoms. The number of amides is 1. The van der Waals surface area contributed by atoms with Crippen LogP contribution >= 0.6 is 0 Å². The summed E-state index contributed by atoms with van der Waals surface area (Å²) in [6.45, 7) is 2.15. The smallest absolute Gasteiger partial charge is 0.273 e. The maximum atomic E-state index is 11.4. The SMILES string of the molecule is CCCCCCc1ncc(O)c(C(=O)NC)n1. The second-order valence-electron chi connectivity index (χ2n) is 3.91. The van der Waals surface area contributed by atoms with Crippen LogP contribution in [0.5, 0.6) is 5.75 Å². The van der Waals surface area contributed by atoms with Crippen molar-refractivity contribution in [2.75, 3.05) is 7.05 Å². The summed E-state index contributed by atoms with van der Waals surface area (Å²) in [6, 6.07) is 0. The first-order valence-corrected chi connectivity index (χ1v) is 5.96. The molecule has 2 N–H and O–H groups in total. The number of rotatable bonds is 6. The van der Waals surface area contributed by atoms with Gasteiger partial charge in [-0.1, -0.05) is 26.2 Å². The number of hydrogen-bond acceptors (Lipinski definition) is 4. The number of hydrogen-bond donors (Lipinski definition) is 2. The third kappa shape index (κ3) is 4.01. The summed E-state index contributed by atoms with van der Waals surface area (Å²) in [6.07, 6.45) is 6.54. The van der Waals surface area contributed by atoms with Crippen molar-refractivity contribution in [2.45, 2.75) is 39.0 Å². The molecule has 1 heterocycles. The predicted octanol–water partition coefficient (Wildman–Crippen LogP) is 1.66. The Hall–Kier alpha value is -1.65. The number of aryl methyl sites for hydroxylation is 1. The van der Waals surface area contributed by atoms with Crippen molar-refractivity contribution in [3.63, 3.8) is 0 Å². The zero-order chi connectivity index (χ0) is 12.7. The molecule has 0 radical (unpaired) electrons. The van der Waals surface area contributed by atoms with E-state index in [0.29, 0.717) is 5.82 Å². The number of unbranched alkanes of at least 4 members (excludes halogenated alkanes) is 3. The van der Waals surface area contributed by atoms with E-state index >= 15 is 0 Å². The highest BCUT2D eigenvalue weighted by Gasteiger charge is 2.12. The molecule has 5 nitrogen and oxygen atoms in total. The van der Waals surface area contributed by atoms with E-state index in [1.54, 1.807) is 0 Å². The fraction of sp³-hybridized carbons (Fsp3) is 0.583. The second-order valence-corrected chi connectivity index (χ2v) is 3.91. The van der Waals surface area contributed by atoms with Gasteiger partial charge in [0.1, 0.15) is 5.82 Å². The predicted molar refractivity (Wildman–Crippen MR) is 64.9 cm³/mol. The minimum Gasteiger partial charge on any atom is -0.504 e. The molecule has 0 aliphatic heterocycles. The van der Waals surface area contributed by atoms with Crippen LogP contribution in [0.2, 0.25) is 0 Å². The zero-order valence-electron chi connectivity index (χ0n) is 10.4. The Labute approximate surface area is 101 Å². The molecule has 0 unspecified atom stereocenters. The van der Waals surface area contributed by atoms with Gasteiger partial charge in [-0.25, -0.2) is 9.97 Å². The van der Waals surface area contributed by atoms with Gasteiger partial charge in [0, 0.05) is 13.5 Å². The quantitative estimate of drug-likeness (QED) is 0.738. The molecule has 1 aromatic rings. The molecule has 0 aliphatic rings. The summed E-state index contributed by atoms with van der Waals surface area (Å²) in [5.74, 6) is 0.0406. The number of carbonyl (C=O) groups excluding carboxylic acids is 1. The lowest BCUT2D eigenvalue weighted by Gasteiger charge is -2.04. The molecular weight excluding hydrogens is 218 g/mol. The van der Waals surface area contributed by atoms with Crippen LogP contribution in [-0.2, 0) is 6.42 Å². The van der Waals surface area contributed by atoms with Crippen molar-refractivity contribution in [2.24, 2.45) is 0 Å². The average Bonchev–Trinajstić information content (AvgIpc) is 2.35. The van der Waals surface area contributed by atoms with Crippen molar-refractivity contribution in [1.82, 2.24) is 15.3 Å². The molecule has 0 atom stereocenters. The number of nitrogens with one attached hydrogen (secondary N) is 1. The van der Waals surface area contributed by atoms with Crippen molar-refractivity contribution < 1.29 is 9.90 Å². The van der Waals surface area contributed by atoms with Gasteiger partial charge >= 0.3 is 0 Å². The van der Waals surface area contributed by atoms with Crippen LogP contribution in [0.4, 0.5) is 0 Å². The fourth-order valence-corrected chi connectivity index (χ4v) is 1.53. The minimum absolute atomic E-state index is 0.0491. The Bertz CT molecular complexity index is 380. The highest BCUT2D eigenvalue weighted by molar-refractivity contribution is 5.94. The van der Waals surface area contributed by atoms with Gasteiger partial charge in [0.15, 0.2) is 11.4 Å². The Morgan fingerprint density at radius 1 is 1.41 bits per heavy atom. The van der Waals surface area contributed by atoms with Gasteiger partial charge < -0.3 is 10.4 Å². The summed E-state index contributed by atoms with van der Waals surface area (Å²) < 4.78 is 0. The zero-order valence-corrected chi connectivity index (χ0v) is 10.4. The first kappa shape index (κ1) is 13.4. The normalized spacial score (nSPS) is 10.2. The first-order chi connectivity index (χ1) is 8.19. The molecular formula is C12H19N3O2. The highest BCUT2D eigenvalue weighted by Crippen LogP contribution is 2.13. The van der Waals surface area contributed by atoms with Crippen LogP contribution in [0.1, 0.15) is 48.9 Å². The van der Waals surface area contributed by atoms with E-state index in [-0.39, 0.29) is 17.4 Å². The Morgan fingerprint density at radius 3 is 2.82 bits per heavy atom. The maximum Gasteiger partial charge on any atom is 0.273 e. The van der Waals surface area contributed by atoms with Crippen LogP contribution in [0.25, 0.3) is 0 Å². The van der Waals surface area contributed by atoms with Gasteiger partial charge in [0.05, 0.1) is 6.20 Å². The molecule has 0 spiro atoms. The molecule has 0 saturated carbocycles. The highest BCUT2D eigenvalue weighted by atomic mass is 16.3. The van der Waals surface area contributed by atoms with Crippen LogP contribution in [0.15, 0.2) is 6.20 Å². The monoisotopic (exact) mass is 237 g/mol. The van der Waals surface area contributed by atoms with Crippen LogP contribution in [0, 0.1) is 0 Å². The lowest BCUT2D eigenvalue weighted by Crippen LogP contribution is -2.20. The van der Waals surface area contributed by atoms with Crippen molar-refractivity contribution in [3.8, 4) is 5.75 Å². The van der Waals surface area contributed by atoms with Crippen LogP contribution < -0.4 is 5.32 Å². The molecule has 1 amide bonds. The van der Waals surface area contributed by atoms with Crippen LogP contribution in [-0.4, -0.2) is 28.0 Å². The second kappa shape index (κ2) is 6.83. The summed E-state index contributed by atoms with van der Waals surface area (Å²) in [4.78, 5) is 19.5. The van der Waals surface area contributed by atoms with E-state index in [4.69, 9.17) is 0 Å². The maximum absolute atomic E-state index is 11.4. The Balaban J connectivity index is 2.65. The largest absolute Gasteiger partial charge is 0.504 e. The summed E-state index contributed by atoms with van der Waals surface area (Å²) >= 11 is 0. The lowest BCUT2D eigenvalue weighted by molar-refractivity contribution is 0.0954. The Kier molecular flexibility index (Phi) is 5.39. The van der Waals surface area contributed by atoms with Crippen molar-refractivity contribution >= 4 is 5.91 Å². The fourth-order valence-electron chi connectivity index (χ4n) is 1.53. The van der Waals surface area contributed by atoms with Gasteiger partial charge in [-0.15, -0.1) is 0 Å². The first-order valence-electron chi connectivity index (χ1n) is 5.96. The average molecular weight is 237 g/mol. The van der Waals surface area contributed by atoms with E-state index in [0.717, 1.165) is 19.3 Å². The lowest BCUT2D eigenvalue weighted by atomic mass is 10.1. The van der Waals surface area contributed by atoms with Gasteiger partial charge in [-0.05, 0) is 6.42 Å². The van der Waals surface area contributed by atoms with E-state index in [1.807, 2.05) is 0 Å². The van der Waals surface area contributed by atoms with Crippen molar-refractivity contribution in [3.05, 3.63) is 17.7 Å². The van der Waals surface area contributed by atoms with E-state index in [1.165, 1.54) is 26.1 Å². The van der Waals surface area contributed by atoms with Crippen molar-refractivity contribution in [1.29, 1.82) is 0 Å². The number of aromatic hydroxyl groups is 1. The molecule has 0 bridgehead atoms. The molecule has 1 aromatic heterocycles. The number of aromatic nitrogens is 2. The molecule has 0 aliphatic carbocycles. The molecule has 0 aromatic carbocycles. The van der Waals surface area contributed by atoms with E-state index in [2.05, 4.69) is 22.2 Å². The van der Waals surface area contributed by atoms with Gasteiger partial charge in [0.25, 0.3) is 5.91 Å². The van der Waals surface area contributed by atoms with Gasteiger partial charge in [-0.3, -0.25) is 4.79 Å². The van der Waals surface area contributed by atoms with Gasteiger partial charge in [-0.2, -0.15) is 0 Å². The summed E-state index contributed by atoms with van der Waals surface area (Å²) in [7, 11) is 1.50. The summed E-state index contributed by atoms with van der Waals surface area (Å²) in [5.41, 5.74) is 0.0491. The molecule has 1 rings (SSSR count). The van der Waals surface area contributed by atoms with Gasteiger partial charge in [0.2, 0.25) is 0 Å². The molecule has 94 valence electrons. The van der Waals surface area contributed by atoms with Crippen LogP contribution in [0.3, 0.4) is 0 Å². The Morgan fingerprint density at radius 2 is 2.18 bits per heavy atom. The van der Waals surface area contributed by atoms with E-state index < -0.39 is 0 Å². The molecule has 17 heavy (non-hydrogen) atoms. The third-order valence-corrected chi connectivity index (χ3v) is 2.52. The topological polar surface area (TPSA) is 75.1 Å². The number of carbonyl (C=O) groups is 1. The third-order valence-electron chi connectivity index (χ3n) is 2.52. The molecule has 0 fully saturated rings.